The second kappa shape index (κ2) is 17.9. The maximum atomic E-state index is 13.4. The molecule has 15 heteroatoms. The zero-order valence-electron chi connectivity index (χ0n) is 29.5. The Bertz CT molecular complexity index is 1760. The topological polar surface area (TPSA) is 198 Å². The molecule has 0 aliphatic carbocycles. The van der Waals surface area contributed by atoms with Crippen LogP contribution in [0.5, 0.6) is 23.0 Å². The molecule has 0 saturated carbocycles. The van der Waals surface area contributed by atoms with Crippen LogP contribution in [0.4, 0.5) is 0 Å². The van der Waals surface area contributed by atoms with Gasteiger partial charge in [-0.2, -0.15) is 4.98 Å². The smallest absolute Gasteiger partial charge is 0.345 e. The van der Waals surface area contributed by atoms with Crippen LogP contribution >= 0.6 is 0 Å². The number of carbonyl (C=O) groups is 4. The number of benzene rings is 2. The van der Waals surface area contributed by atoms with Crippen LogP contribution in [0, 0.1) is 13.8 Å². The number of fused-ring (bicyclic) bond motifs is 9. The Hall–Kier alpha value is -5.60. The molecule has 3 aromatic rings. The highest BCUT2D eigenvalue weighted by Crippen LogP contribution is 2.30. The van der Waals surface area contributed by atoms with Gasteiger partial charge in [0.1, 0.15) is 17.6 Å². The average Bonchev–Trinajstić information content (AvgIpc) is 3.08. The highest BCUT2D eigenvalue weighted by molar-refractivity contribution is 5.79. The number of hydrogen-bond donors (Lipinski definition) is 4. The monoisotopic (exact) mass is 707 g/mol. The molecule has 3 amide bonds. The summed E-state index contributed by atoms with van der Waals surface area (Å²) in [6.45, 7) is 5.29. The van der Waals surface area contributed by atoms with Crippen molar-refractivity contribution in [3.05, 3.63) is 75.0 Å². The number of aliphatic carboxylic acids is 1. The Morgan fingerprint density at radius 1 is 1.02 bits per heavy atom. The van der Waals surface area contributed by atoms with Gasteiger partial charge in [0.2, 0.25) is 11.8 Å². The van der Waals surface area contributed by atoms with Gasteiger partial charge < -0.3 is 44.6 Å². The molecule has 3 aliphatic heterocycles. The lowest BCUT2D eigenvalue weighted by molar-refractivity contribution is -0.135. The number of H-pyrrole nitrogens is 1. The second-order valence-corrected chi connectivity index (χ2v) is 12.2. The van der Waals surface area contributed by atoms with E-state index in [0.29, 0.717) is 60.2 Å². The third-order valence-corrected chi connectivity index (χ3v) is 8.54. The average molecular weight is 708 g/mol. The van der Waals surface area contributed by atoms with E-state index in [-0.39, 0.29) is 50.3 Å². The summed E-state index contributed by atoms with van der Waals surface area (Å²) >= 11 is 0. The van der Waals surface area contributed by atoms with Crippen molar-refractivity contribution in [3.63, 3.8) is 0 Å². The number of ether oxygens (including phenoxy) is 4. The summed E-state index contributed by atoms with van der Waals surface area (Å²) < 4.78 is 23.3. The zero-order valence-corrected chi connectivity index (χ0v) is 29.5. The van der Waals surface area contributed by atoms with Crippen LogP contribution in [0.15, 0.2) is 41.2 Å². The van der Waals surface area contributed by atoms with Crippen LogP contribution < -0.4 is 35.3 Å². The molecule has 4 heterocycles. The molecule has 15 nitrogen and oxygen atoms in total. The van der Waals surface area contributed by atoms with Gasteiger partial charge in [-0.25, -0.2) is 4.79 Å². The van der Waals surface area contributed by atoms with Gasteiger partial charge in [-0.1, -0.05) is 6.07 Å². The van der Waals surface area contributed by atoms with Crippen LogP contribution in [-0.2, 0) is 38.6 Å². The number of rotatable bonds is 5. The minimum atomic E-state index is -0.833. The van der Waals surface area contributed by atoms with Crippen LogP contribution in [0.2, 0.25) is 0 Å². The molecule has 3 aliphatic rings. The lowest BCUT2D eigenvalue weighted by atomic mass is 10.00. The van der Waals surface area contributed by atoms with Crippen molar-refractivity contribution in [2.75, 3.05) is 33.9 Å². The lowest BCUT2D eigenvalue weighted by Crippen LogP contribution is -2.58. The lowest BCUT2D eigenvalue weighted by Gasteiger charge is -2.39. The molecule has 274 valence electrons. The van der Waals surface area contributed by atoms with E-state index in [2.05, 4.69) is 20.6 Å². The molecule has 1 fully saturated rings. The summed E-state index contributed by atoms with van der Waals surface area (Å²) in [5, 5.41) is 13.4. The number of likely N-dealkylation sites (tertiary alicyclic amines) is 1. The minimum Gasteiger partial charge on any atom is -0.496 e. The van der Waals surface area contributed by atoms with Gasteiger partial charge in [-0.05, 0) is 62.1 Å². The van der Waals surface area contributed by atoms with E-state index in [9.17, 15) is 19.2 Å². The van der Waals surface area contributed by atoms with E-state index in [4.69, 9.17) is 28.8 Å². The van der Waals surface area contributed by atoms with Gasteiger partial charge in [-0.3, -0.25) is 19.2 Å². The van der Waals surface area contributed by atoms with E-state index in [1.165, 1.54) is 7.11 Å². The number of carbonyl (C=O) groups excluding carboxylic acids is 3. The minimum absolute atomic E-state index is 0.0795. The van der Waals surface area contributed by atoms with E-state index < -0.39 is 23.8 Å². The van der Waals surface area contributed by atoms with Crippen LogP contribution in [0.3, 0.4) is 0 Å². The molecule has 2 atom stereocenters. The maximum Gasteiger partial charge on any atom is 0.345 e. The summed E-state index contributed by atoms with van der Waals surface area (Å²) in [6, 6.07) is 10.2. The first-order valence-corrected chi connectivity index (χ1v) is 16.6. The molecule has 0 spiro atoms. The number of carboxylic acid groups (broad SMARTS) is 1. The first-order valence-electron chi connectivity index (χ1n) is 16.6. The Labute approximate surface area is 295 Å². The number of methoxy groups -OCH3 is 2. The van der Waals surface area contributed by atoms with Crippen molar-refractivity contribution in [1.29, 1.82) is 0 Å². The molecule has 0 radical (unpaired) electrons. The van der Waals surface area contributed by atoms with E-state index in [1.807, 2.05) is 12.1 Å². The molecule has 2 aromatic carbocycles. The molecule has 0 unspecified atom stereocenters. The fourth-order valence-corrected chi connectivity index (χ4v) is 5.99. The van der Waals surface area contributed by atoms with Crippen molar-refractivity contribution in [3.8, 4) is 23.0 Å². The van der Waals surface area contributed by atoms with Crippen molar-refractivity contribution < 1.29 is 43.2 Å². The summed E-state index contributed by atoms with van der Waals surface area (Å²) in [5.74, 6) is 0.524. The number of nitrogens with one attached hydrogen (secondary N) is 3. The first kappa shape index (κ1) is 38.2. The molecule has 51 heavy (non-hydrogen) atoms. The molecule has 4 N–H and O–H groups in total. The molecule has 4 bridgehead atoms. The van der Waals surface area contributed by atoms with Crippen LogP contribution in [0.1, 0.15) is 54.3 Å². The standard InChI is InChI=1S/C34H41N5O8.C2H4O2/c1-20-25(21(2)37-34(43)36-20)9-12-33(42)39-14-13-27-26(18-39)38-32(41)19-46-30-15-22(5-10-28(30)44-3)6-11-31(40)35-17-23-7-8-24(47-27)16-29(23)45-4;1-2(3)4/h5,7-8,10,15-16,26-27H,6,9,11-14,17-19H2,1-4H3,(H,35,40)(H,38,41)(H,36,37,43);1H3,(H,3,4)/t26-,27+;/m1./s1. The molecular formula is C36H45N5O10. The Kier molecular flexibility index (Phi) is 13.4. The number of aryl methyl sites for hydroxylation is 3. The summed E-state index contributed by atoms with van der Waals surface area (Å²) in [6.07, 6.45) is 1.38. The Balaban J connectivity index is 0.00000138. The Morgan fingerprint density at radius 3 is 2.47 bits per heavy atom. The van der Waals surface area contributed by atoms with Gasteiger partial charge in [0, 0.05) is 68.8 Å². The van der Waals surface area contributed by atoms with E-state index in [1.54, 1.807) is 50.1 Å². The number of amides is 3. The van der Waals surface area contributed by atoms with Crippen LogP contribution in [0.25, 0.3) is 0 Å². The van der Waals surface area contributed by atoms with Crippen molar-refractivity contribution >= 4 is 23.7 Å². The van der Waals surface area contributed by atoms with Crippen molar-refractivity contribution in [1.82, 2.24) is 25.5 Å². The quantitative estimate of drug-likeness (QED) is 0.303. The fourth-order valence-electron chi connectivity index (χ4n) is 5.99. The summed E-state index contributed by atoms with van der Waals surface area (Å²) in [5.41, 5.74) is 3.37. The SMILES string of the molecule is CC(=O)O.COc1cc2ccc1CNC(=O)CCc1ccc(OC)c(c1)OCC(=O)N[C@@H]1CN(C(=O)CCc3c(C)nc(=O)[nH]c3C)CC[C@@H]1O2. The number of aromatic amines is 1. The second-order valence-electron chi connectivity index (χ2n) is 12.2. The van der Waals surface area contributed by atoms with E-state index in [0.717, 1.165) is 23.6 Å². The molecule has 1 aromatic heterocycles. The normalized spacial score (nSPS) is 17.7. The zero-order chi connectivity index (χ0) is 37.1. The number of nitrogens with zero attached hydrogens (tertiary/aromatic N) is 2. The number of aromatic nitrogens is 2. The van der Waals surface area contributed by atoms with Gasteiger partial charge >= 0.3 is 5.69 Å². The molecule has 6 rings (SSSR count). The third-order valence-electron chi connectivity index (χ3n) is 8.54. The Morgan fingerprint density at radius 2 is 1.76 bits per heavy atom. The predicted molar refractivity (Wildman–Crippen MR) is 185 cm³/mol. The first-order chi connectivity index (χ1) is 24.4. The number of piperidine rings is 1. The van der Waals surface area contributed by atoms with Gasteiger partial charge in [0.15, 0.2) is 18.1 Å². The van der Waals surface area contributed by atoms with Crippen LogP contribution in [-0.4, -0.2) is 89.7 Å². The van der Waals surface area contributed by atoms with Gasteiger partial charge in [-0.15, -0.1) is 0 Å². The van der Waals surface area contributed by atoms with Gasteiger partial charge in [0.25, 0.3) is 11.9 Å². The largest absolute Gasteiger partial charge is 0.496 e. The molecular weight excluding hydrogens is 662 g/mol. The van der Waals surface area contributed by atoms with E-state index >= 15 is 0 Å². The predicted octanol–water partition coefficient (Wildman–Crippen LogP) is 2.23. The summed E-state index contributed by atoms with van der Waals surface area (Å²) in [4.78, 5) is 68.4. The third kappa shape index (κ3) is 10.9. The highest BCUT2D eigenvalue weighted by Gasteiger charge is 2.34. The highest BCUT2D eigenvalue weighted by atomic mass is 16.5. The van der Waals surface area contributed by atoms with Crippen molar-refractivity contribution in [2.45, 2.75) is 71.6 Å². The number of carboxylic acids is 1. The van der Waals surface area contributed by atoms with Gasteiger partial charge in [0.05, 0.1) is 20.3 Å². The maximum absolute atomic E-state index is 13.4. The fraction of sp³-hybridized carbons (Fsp3) is 0.444. The molecule has 1 saturated heterocycles. The van der Waals surface area contributed by atoms with Crippen molar-refractivity contribution in [2.24, 2.45) is 0 Å². The summed E-state index contributed by atoms with van der Waals surface area (Å²) in [7, 11) is 3.07. The number of hydrogen-bond acceptors (Lipinski definition) is 10.